The molecule has 0 aliphatic heterocycles. The van der Waals surface area contributed by atoms with Crippen molar-refractivity contribution in [3.63, 3.8) is 0 Å². The van der Waals surface area contributed by atoms with Gasteiger partial charge in [-0.3, -0.25) is 4.90 Å². The van der Waals surface area contributed by atoms with Gasteiger partial charge in [-0.2, -0.15) is 0 Å². The van der Waals surface area contributed by atoms with Gasteiger partial charge in [0.05, 0.1) is 5.60 Å². The van der Waals surface area contributed by atoms with Gasteiger partial charge in [0.1, 0.15) is 0 Å². The summed E-state index contributed by atoms with van der Waals surface area (Å²) in [7, 11) is 0. The number of aliphatic hydroxyl groups is 2. The summed E-state index contributed by atoms with van der Waals surface area (Å²) in [6.07, 6.45) is 5.43. The molecule has 0 spiro atoms. The van der Waals surface area contributed by atoms with Crippen LogP contribution in [-0.2, 0) is 0 Å². The van der Waals surface area contributed by atoms with Crippen molar-refractivity contribution in [3.05, 3.63) is 0 Å². The molecule has 3 heteroatoms. The number of aliphatic hydroxyl groups excluding tert-OH is 1. The monoisotopic (exact) mass is 215 g/mol. The zero-order valence-corrected chi connectivity index (χ0v) is 10.1. The Morgan fingerprint density at radius 3 is 2.47 bits per heavy atom. The molecule has 2 N–H and O–H groups in total. The Labute approximate surface area is 93.1 Å². The van der Waals surface area contributed by atoms with Crippen molar-refractivity contribution >= 4 is 0 Å². The number of rotatable bonds is 7. The zero-order chi connectivity index (χ0) is 11.3. The van der Waals surface area contributed by atoms with Crippen molar-refractivity contribution in [2.75, 3.05) is 19.7 Å². The van der Waals surface area contributed by atoms with Crippen LogP contribution in [0.5, 0.6) is 0 Å². The van der Waals surface area contributed by atoms with Crippen LogP contribution in [0.15, 0.2) is 0 Å². The fraction of sp³-hybridized carbons (Fsp3) is 1.00. The lowest BCUT2D eigenvalue weighted by molar-refractivity contribution is -0.0119. The average Bonchev–Trinajstić information content (AvgIpc) is 2.11. The molecular weight excluding hydrogens is 190 g/mol. The Morgan fingerprint density at radius 2 is 2.07 bits per heavy atom. The first-order valence-electron chi connectivity index (χ1n) is 6.16. The van der Waals surface area contributed by atoms with Crippen LogP contribution < -0.4 is 0 Å². The summed E-state index contributed by atoms with van der Waals surface area (Å²) in [6.45, 7) is 5.82. The quantitative estimate of drug-likeness (QED) is 0.674. The molecule has 1 atom stereocenters. The van der Waals surface area contributed by atoms with Gasteiger partial charge in [0.25, 0.3) is 0 Å². The Hall–Kier alpha value is -0.120. The first-order chi connectivity index (χ1) is 7.09. The molecule has 0 aromatic heterocycles. The van der Waals surface area contributed by atoms with Crippen LogP contribution in [0.25, 0.3) is 0 Å². The molecule has 0 amide bonds. The fourth-order valence-corrected chi connectivity index (χ4v) is 1.97. The van der Waals surface area contributed by atoms with Gasteiger partial charge in [-0.25, -0.2) is 0 Å². The molecule has 1 aliphatic carbocycles. The molecule has 3 nitrogen and oxygen atoms in total. The lowest BCUT2D eigenvalue weighted by Gasteiger charge is -2.41. The second kappa shape index (κ2) is 5.83. The van der Waals surface area contributed by atoms with E-state index in [-0.39, 0.29) is 6.61 Å². The average molecular weight is 215 g/mol. The number of hydrogen-bond donors (Lipinski definition) is 2. The third-order valence-electron chi connectivity index (χ3n) is 3.50. The molecule has 1 fully saturated rings. The Balaban J connectivity index is 2.40. The zero-order valence-electron chi connectivity index (χ0n) is 10.1. The normalized spacial score (nSPS) is 21.4. The van der Waals surface area contributed by atoms with Crippen LogP contribution in [0, 0.1) is 0 Å². The first-order valence-corrected chi connectivity index (χ1v) is 6.16. The minimum absolute atomic E-state index is 0.248. The largest absolute Gasteiger partial charge is 0.396 e. The first kappa shape index (κ1) is 12.9. The van der Waals surface area contributed by atoms with Crippen molar-refractivity contribution < 1.29 is 10.2 Å². The minimum atomic E-state index is -0.578. The third-order valence-corrected chi connectivity index (χ3v) is 3.50. The molecule has 1 rings (SSSR count). The van der Waals surface area contributed by atoms with Gasteiger partial charge in [-0.1, -0.05) is 13.3 Å². The molecule has 0 saturated heterocycles. The summed E-state index contributed by atoms with van der Waals surface area (Å²) >= 11 is 0. The van der Waals surface area contributed by atoms with Crippen LogP contribution in [-0.4, -0.2) is 46.5 Å². The Kier molecular flexibility index (Phi) is 5.03. The van der Waals surface area contributed by atoms with E-state index >= 15 is 0 Å². The van der Waals surface area contributed by atoms with Gasteiger partial charge in [-0.15, -0.1) is 0 Å². The second-order valence-electron chi connectivity index (χ2n) is 4.98. The van der Waals surface area contributed by atoms with Crippen LogP contribution >= 0.6 is 0 Å². The van der Waals surface area contributed by atoms with Gasteiger partial charge in [0, 0.05) is 25.7 Å². The predicted octanol–water partition coefficient (Wildman–Crippen LogP) is 1.38. The van der Waals surface area contributed by atoms with E-state index in [1.54, 1.807) is 0 Å². The van der Waals surface area contributed by atoms with Gasteiger partial charge < -0.3 is 10.2 Å². The SMILES string of the molecule is CCC(C)(O)CN(CCCO)C1CCC1. The molecule has 0 aromatic rings. The third kappa shape index (κ3) is 4.09. The molecule has 0 bridgehead atoms. The second-order valence-corrected chi connectivity index (χ2v) is 4.98. The topological polar surface area (TPSA) is 43.7 Å². The maximum absolute atomic E-state index is 10.1. The fourth-order valence-electron chi connectivity index (χ4n) is 1.97. The molecule has 1 saturated carbocycles. The van der Waals surface area contributed by atoms with E-state index in [4.69, 9.17) is 5.11 Å². The summed E-state index contributed by atoms with van der Waals surface area (Å²) < 4.78 is 0. The van der Waals surface area contributed by atoms with Crippen LogP contribution in [0.3, 0.4) is 0 Å². The molecular formula is C12H25NO2. The van der Waals surface area contributed by atoms with Gasteiger partial charge in [-0.05, 0) is 32.6 Å². The van der Waals surface area contributed by atoms with E-state index in [0.29, 0.717) is 6.04 Å². The van der Waals surface area contributed by atoms with Crippen molar-refractivity contribution in [3.8, 4) is 0 Å². The maximum atomic E-state index is 10.1. The van der Waals surface area contributed by atoms with E-state index in [9.17, 15) is 5.11 Å². The molecule has 1 aliphatic rings. The van der Waals surface area contributed by atoms with E-state index in [0.717, 1.165) is 25.9 Å². The van der Waals surface area contributed by atoms with Gasteiger partial charge in [0.2, 0.25) is 0 Å². The molecule has 0 radical (unpaired) electrons. The van der Waals surface area contributed by atoms with Crippen molar-refractivity contribution in [1.82, 2.24) is 4.90 Å². The highest BCUT2D eigenvalue weighted by atomic mass is 16.3. The smallest absolute Gasteiger partial charge is 0.0743 e. The summed E-state index contributed by atoms with van der Waals surface area (Å²) in [6, 6.07) is 0.648. The highest BCUT2D eigenvalue weighted by Crippen LogP contribution is 2.26. The summed E-state index contributed by atoms with van der Waals surface area (Å²) in [5.41, 5.74) is -0.578. The van der Waals surface area contributed by atoms with Crippen molar-refractivity contribution in [2.24, 2.45) is 0 Å². The molecule has 90 valence electrons. The van der Waals surface area contributed by atoms with Crippen molar-refractivity contribution in [2.45, 2.75) is 57.6 Å². The minimum Gasteiger partial charge on any atom is -0.396 e. The number of nitrogens with zero attached hydrogens (tertiary/aromatic N) is 1. The molecule has 0 aromatic carbocycles. The Morgan fingerprint density at radius 1 is 1.40 bits per heavy atom. The maximum Gasteiger partial charge on any atom is 0.0743 e. The van der Waals surface area contributed by atoms with Crippen molar-refractivity contribution in [1.29, 1.82) is 0 Å². The van der Waals surface area contributed by atoms with E-state index in [1.165, 1.54) is 19.3 Å². The highest BCUT2D eigenvalue weighted by molar-refractivity contribution is 4.85. The predicted molar refractivity (Wildman–Crippen MR) is 61.8 cm³/mol. The van der Waals surface area contributed by atoms with Crippen LogP contribution in [0.2, 0.25) is 0 Å². The van der Waals surface area contributed by atoms with Crippen LogP contribution in [0.1, 0.15) is 46.0 Å². The summed E-state index contributed by atoms with van der Waals surface area (Å²) in [4.78, 5) is 2.35. The van der Waals surface area contributed by atoms with Crippen LogP contribution in [0.4, 0.5) is 0 Å². The van der Waals surface area contributed by atoms with E-state index in [2.05, 4.69) is 4.90 Å². The van der Waals surface area contributed by atoms with Gasteiger partial charge >= 0.3 is 0 Å². The van der Waals surface area contributed by atoms with E-state index in [1.807, 2.05) is 13.8 Å². The van der Waals surface area contributed by atoms with Gasteiger partial charge in [0.15, 0.2) is 0 Å². The van der Waals surface area contributed by atoms with E-state index < -0.39 is 5.60 Å². The Bertz CT molecular complexity index is 178. The highest BCUT2D eigenvalue weighted by Gasteiger charge is 2.29. The molecule has 1 unspecified atom stereocenters. The summed E-state index contributed by atoms with van der Waals surface area (Å²) in [5, 5.41) is 18.9. The lowest BCUT2D eigenvalue weighted by atomic mass is 9.89. The summed E-state index contributed by atoms with van der Waals surface area (Å²) in [5.74, 6) is 0. The molecule has 0 heterocycles. The molecule has 15 heavy (non-hydrogen) atoms. The standard InChI is InChI=1S/C12H25NO2/c1-3-12(2,15)10-13(8-5-9-14)11-6-4-7-11/h11,14-15H,3-10H2,1-2H3. The number of hydrogen-bond acceptors (Lipinski definition) is 3. The lowest BCUT2D eigenvalue weighted by Crippen LogP contribution is -2.48.